The van der Waals surface area contributed by atoms with Crippen LogP contribution in [0.15, 0.2) is 54.6 Å². The normalized spacial score (nSPS) is 17.2. The summed E-state index contributed by atoms with van der Waals surface area (Å²) in [6.07, 6.45) is 0.199. The van der Waals surface area contributed by atoms with Gasteiger partial charge in [0, 0.05) is 89.6 Å². The highest BCUT2D eigenvalue weighted by atomic mass is 16.6. The van der Waals surface area contributed by atoms with Crippen LogP contribution in [0.1, 0.15) is 152 Å². The van der Waals surface area contributed by atoms with Gasteiger partial charge in [0.2, 0.25) is 17.7 Å². The first kappa shape index (κ1) is 73.0. The van der Waals surface area contributed by atoms with Crippen molar-refractivity contribution in [2.24, 2.45) is 53.1 Å². The molecule has 11 atom stereocenters. The molecule has 2 aromatic carbocycles. The number of nitrogens with zero attached hydrogens (tertiary/aromatic N) is 3. The Balaban J connectivity index is 1.72. The highest BCUT2D eigenvalue weighted by Crippen LogP contribution is 2.33. The molecule has 85 heavy (non-hydrogen) atoms. The summed E-state index contributed by atoms with van der Waals surface area (Å²) in [4.78, 5) is 127. The van der Waals surface area contributed by atoms with Crippen molar-refractivity contribution < 1.29 is 62.5 Å². The standard InChI is InChI=1S/C65H103N7O13/c1-17-42(8)58(54(83-15)37-55(76)72-32-22-26-50(72)59(84-16)43(9)51(73)35-47(62(79)80)33-44-23-19-18-20-24-44)70(13)61(78)49(39(2)3)36-53(75)57(41(6)7)71(14)64(82)85-38-45-27-29-48(30-28-45)68-60(77)46(25-21-31-67-63(66)81)34-52(74)56(40(4)5)69-65(10,11)12/h18-20,23-24,27-30,39-43,46-47,49-50,54,56-59,69H,17,21-22,25-26,31-38H2,1-16H3,(H,68,77)(H,79,80)(H3,66,67,81)/t42-,43-,46+,47?,49-,50-,54+,56-,57-,58-,59+/m0/s1. The molecule has 6 N–H and O–H groups in total. The molecule has 20 nitrogen and oxygen atoms in total. The summed E-state index contributed by atoms with van der Waals surface area (Å²) in [6, 6.07) is 12.8. The van der Waals surface area contributed by atoms with Crippen LogP contribution in [0.4, 0.5) is 15.3 Å². The van der Waals surface area contributed by atoms with Crippen molar-refractivity contribution in [3.05, 3.63) is 65.7 Å². The van der Waals surface area contributed by atoms with E-state index in [4.69, 9.17) is 19.9 Å². The van der Waals surface area contributed by atoms with Crippen LogP contribution < -0.4 is 21.7 Å². The number of carboxylic acid groups (broad SMARTS) is 1. The molecule has 0 spiro atoms. The molecule has 0 saturated carbocycles. The number of benzene rings is 2. The molecular formula is C65H103N7O13. The zero-order valence-corrected chi connectivity index (χ0v) is 53.7. The van der Waals surface area contributed by atoms with Gasteiger partial charge in [0.05, 0.1) is 48.7 Å². The van der Waals surface area contributed by atoms with Gasteiger partial charge in [0.25, 0.3) is 0 Å². The van der Waals surface area contributed by atoms with E-state index in [1.54, 1.807) is 48.0 Å². The fourth-order valence-corrected chi connectivity index (χ4v) is 11.8. The average Bonchev–Trinajstić information content (AvgIpc) is 4.15. The molecule has 1 unspecified atom stereocenters. The zero-order valence-electron chi connectivity index (χ0n) is 53.7. The molecule has 476 valence electrons. The van der Waals surface area contributed by atoms with Crippen LogP contribution in [0.25, 0.3) is 0 Å². The molecule has 0 bridgehead atoms. The minimum atomic E-state index is -1.06. The summed E-state index contributed by atoms with van der Waals surface area (Å²) in [5, 5.41) is 18.9. The van der Waals surface area contributed by atoms with E-state index in [9.17, 15) is 48.3 Å². The lowest BCUT2D eigenvalue weighted by Gasteiger charge is -2.41. The number of carboxylic acids is 1. The van der Waals surface area contributed by atoms with Crippen LogP contribution in [-0.2, 0) is 60.8 Å². The van der Waals surface area contributed by atoms with Crippen LogP contribution in [0.5, 0.6) is 0 Å². The molecule has 1 saturated heterocycles. The second kappa shape index (κ2) is 34.8. The largest absolute Gasteiger partial charge is 0.481 e. The van der Waals surface area contributed by atoms with E-state index >= 15 is 0 Å². The van der Waals surface area contributed by atoms with Crippen LogP contribution in [0, 0.1) is 47.3 Å². The number of likely N-dealkylation sites (N-methyl/N-ethyl adjacent to an activating group) is 2. The minimum Gasteiger partial charge on any atom is -0.481 e. The van der Waals surface area contributed by atoms with E-state index in [1.165, 1.54) is 26.2 Å². The van der Waals surface area contributed by atoms with E-state index in [0.717, 1.165) is 5.56 Å². The first-order valence-corrected chi connectivity index (χ1v) is 30.4. The highest BCUT2D eigenvalue weighted by Gasteiger charge is 2.44. The number of nitrogens with two attached hydrogens (primary N) is 1. The maximum atomic E-state index is 14.8. The van der Waals surface area contributed by atoms with E-state index in [0.29, 0.717) is 49.9 Å². The number of nitrogens with one attached hydrogen (secondary N) is 3. The van der Waals surface area contributed by atoms with Crippen molar-refractivity contribution in [3.8, 4) is 0 Å². The van der Waals surface area contributed by atoms with Crippen molar-refractivity contribution in [3.63, 3.8) is 0 Å². The Bertz CT molecular complexity index is 2500. The molecule has 1 fully saturated rings. The van der Waals surface area contributed by atoms with Gasteiger partial charge in [-0.25, -0.2) is 9.59 Å². The SMILES string of the molecule is CC[C@H](C)[C@@H]([C@@H](CC(=O)N1CCC[C@H]1[C@H](OC)[C@@H](C)C(=O)CC(Cc1ccccc1)C(=O)O)OC)N(C)C(=O)[C@@H](CC(=O)[C@H](C(C)C)N(C)C(=O)OCc1ccc(NC(=O)[C@H](CCCNC(N)=O)CC(=O)[C@@H](NC(C)(C)C)C(C)C)cc1)C(C)C. The number of Topliss-reactive ketones (excluding diaryl/α,β-unsaturated/α-hetero) is 3. The van der Waals surface area contributed by atoms with Gasteiger partial charge in [-0.05, 0) is 99.8 Å². The Morgan fingerprint density at radius 2 is 1.38 bits per heavy atom. The van der Waals surface area contributed by atoms with Crippen LogP contribution >= 0.6 is 0 Å². The van der Waals surface area contributed by atoms with Crippen molar-refractivity contribution in [1.29, 1.82) is 0 Å². The summed E-state index contributed by atoms with van der Waals surface area (Å²) in [5.41, 5.74) is 6.79. The van der Waals surface area contributed by atoms with Crippen LogP contribution in [0.2, 0.25) is 0 Å². The van der Waals surface area contributed by atoms with Gasteiger partial charge in [-0.15, -0.1) is 0 Å². The van der Waals surface area contributed by atoms with Gasteiger partial charge in [0.1, 0.15) is 12.4 Å². The number of anilines is 1. The van der Waals surface area contributed by atoms with Crippen LogP contribution in [0.3, 0.4) is 0 Å². The Morgan fingerprint density at radius 1 is 0.753 bits per heavy atom. The number of hydrogen-bond donors (Lipinski definition) is 5. The molecule has 0 radical (unpaired) electrons. The van der Waals surface area contributed by atoms with Crippen molar-refractivity contribution in [2.75, 3.05) is 46.7 Å². The van der Waals surface area contributed by atoms with E-state index in [-0.39, 0.29) is 110 Å². The van der Waals surface area contributed by atoms with Crippen LogP contribution in [-0.4, -0.2) is 156 Å². The molecule has 6 amide bonds. The number of aliphatic carboxylic acids is 1. The lowest BCUT2D eigenvalue weighted by Crippen LogP contribution is -2.54. The number of carbonyl (C=O) groups excluding carboxylic acids is 8. The smallest absolute Gasteiger partial charge is 0.410 e. The number of primary amides is 1. The molecule has 1 aliphatic rings. The number of methoxy groups -OCH3 is 2. The molecule has 3 rings (SSSR count). The van der Waals surface area contributed by atoms with E-state index in [2.05, 4.69) is 16.0 Å². The summed E-state index contributed by atoms with van der Waals surface area (Å²) in [6.45, 7) is 23.5. The third-order valence-corrected chi connectivity index (χ3v) is 16.7. The third-order valence-electron chi connectivity index (χ3n) is 16.7. The molecule has 2 aromatic rings. The number of amides is 6. The second-order valence-corrected chi connectivity index (χ2v) is 25.5. The molecule has 0 aromatic heterocycles. The quantitative estimate of drug-likeness (QED) is 0.0399. The number of urea groups is 1. The predicted octanol–water partition coefficient (Wildman–Crippen LogP) is 8.71. The van der Waals surface area contributed by atoms with Gasteiger partial charge in [0.15, 0.2) is 11.6 Å². The molecule has 0 aliphatic carbocycles. The minimum absolute atomic E-state index is 0.0128. The first-order valence-electron chi connectivity index (χ1n) is 30.4. The second-order valence-electron chi connectivity index (χ2n) is 25.5. The number of ether oxygens (including phenoxy) is 3. The Kier molecular flexibility index (Phi) is 29.9. The molecule has 1 heterocycles. The number of likely N-dealkylation sites (tertiary alicyclic amines) is 1. The lowest BCUT2D eigenvalue weighted by molar-refractivity contribution is -0.149. The van der Waals surface area contributed by atoms with E-state index in [1.807, 2.05) is 106 Å². The fourth-order valence-electron chi connectivity index (χ4n) is 11.8. The lowest BCUT2D eigenvalue weighted by atomic mass is 9.83. The Hall–Kier alpha value is -6.25. The highest BCUT2D eigenvalue weighted by molar-refractivity contribution is 5.97. The fraction of sp³-hybridized carbons (Fsp3) is 0.677. The summed E-state index contributed by atoms with van der Waals surface area (Å²) in [5.74, 6) is -6.56. The van der Waals surface area contributed by atoms with Gasteiger partial charge in [-0.3, -0.25) is 33.6 Å². The zero-order chi connectivity index (χ0) is 64.0. The van der Waals surface area contributed by atoms with Crippen molar-refractivity contribution in [2.45, 2.75) is 196 Å². The Labute approximate surface area is 506 Å². The average molecular weight is 1190 g/mol. The maximum Gasteiger partial charge on any atom is 0.410 e. The van der Waals surface area contributed by atoms with Gasteiger partial charge in [-0.1, -0.05) is 111 Å². The van der Waals surface area contributed by atoms with Gasteiger partial charge in [-0.2, -0.15) is 0 Å². The first-order chi connectivity index (χ1) is 39.9. The number of rotatable bonds is 36. The van der Waals surface area contributed by atoms with Crippen molar-refractivity contribution >= 4 is 58.9 Å². The molecular weight excluding hydrogens is 1090 g/mol. The Morgan fingerprint density at radius 3 is 1.91 bits per heavy atom. The van der Waals surface area contributed by atoms with E-state index < -0.39 is 78.1 Å². The number of ketones is 3. The third kappa shape index (κ3) is 22.5. The topological polar surface area (TPSA) is 273 Å². The summed E-state index contributed by atoms with van der Waals surface area (Å²) < 4.78 is 17.8. The monoisotopic (exact) mass is 1190 g/mol. The molecule has 1 aliphatic heterocycles. The predicted molar refractivity (Wildman–Crippen MR) is 328 cm³/mol. The summed E-state index contributed by atoms with van der Waals surface area (Å²) in [7, 11) is 6.18. The van der Waals surface area contributed by atoms with Gasteiger partial charge >= 0.3 is 18.1 Å². The molecule has 20 heteroatoms. The maximum absolute atomic E-state index is 14.8. The van der Waals surface area contributed by atoms with Crippen molar-refractivity contribution in [1.82, 2.24) is 25.3 Å². The van der Waals surface area contributed by atoms with Gasteiger partial charge < -0.3 is 55.7 Å². The summed E-state index contributed by atoms with van der Waals surface area (Å²) >= 11 is 0. The number of carbonyl (C=O) groups is 9. The number of hydrogen-bond acceptors (Lipinski definition) is 13.